The summed E-state index contributed by atoms with van der Waals surface area (Å²) in [6.07, 6.45) is 0.953. The standard InChI is InChI=1S/C16H17NO2S/c1-12-14-8-10-20-15(14)7-9-17(12)16(18)11-19-13-5-3-2-4-6-13/h2-6,8,10,12H,7,9,11H2,1H3. The Morgan fingerprint density at radius 3 is 2.95 bits per heavy atom. The number of carbonyl (C=O) groups is 1. The smallest absolute Gasteiger partial charge is 0.261 e. The highest BCUT2D eigenvalue weighted by Gasteiger charge is 2.28. The van der Waals surface area contributed by atoms with E-state index in [1.165, 1.54) is 10.4 Å². The Bertz CT molecular complexity index is 594. The van der Waals surface area contributed by atoms with Gasteiger partial charge >= 0.3 is 0 Å². The highest BCUT2D eigenvalue weighted by molar-refractivity contribution is 7.10. The van der Waals surface area contributed by atoms with Gasteiger partial charge in [0.2, 0.25) is 0 Å². The summed E-state index contributed by atoms with van der Waals surface area (Å²) in [7, 11) is 0. The molecule has 2 aromatic rings. The van der Waals surface area contributed by atoms with E-state index < -0.39 is 0 Å². The average Bonchev–Trinajstić information content (AvgIpc) is 2.96. The molecule has 1 amide bonds. The number of para-hydroxylation sites is 1. The van der Waals surface area contributed by atoms with E-state index in [2.05, 4.69) is 18.4 Å². The van der Waals surface area contributed by atoms with E-state index in [0.29, 0.717) is 0 Å². The molecule has 1 aromatic carbocycles. The average molecular weight is 287 g/mol. The Balaban J connectivity index is 1.64. The molecule has 0 radical (unpaired) electrons. The van der Waals surface area contributed by atoms with Gasteiger partial charge in [0, 0.05) is 11.4 Å². The van der Waals surface area contributed by atoms with Crippen molar-refractivity contribution in [3.8, 4) is 5.75 Å². The van der Waals surface area contributed by atoms with Gasteiger partial charge in [0.25, 0.3) is 5.91 Å². The Morgan fingerprint density at radius 2 is 2.15 bits per heavy atom. The third-order valence-electron chi connectivity index (χ3n) is 3.70. The van der Waals surface area contributed by atoms with Gasteiger partial charge in [0.15, 0.2) is 6.61 Å². The van der Waals surface area contributed by atoms with Crippen LogP contribution in [0, 0.1) is 0 Å². The van der Waals surface area contributed by atoms with E-state index in [1.807, 2.05) is 35.2 Å². The van der Waals surface area contributed by atoms with Gasteiger partial charge in [0.1, 0.15) is 5.75 Å². The predicted octanol–water partition coefficient (Wildman–Crippen LogP) is 3.27. The maximum Gasteiger partial charge on any atom is 0.261 e. The first-order chi connectivity index (χ1) is 9.75. The summed E-state index contributed by atoms with van der Waals surface area (Å²) in [6.45, 7) is 2.98. The molecule has 3 nitrogen and oxygen atoms in total. The molecule has 4 heteroatoms. The number of nitrogens with zero attached hydrogens (tertiary/aromatic N) is 1. The van der Waals surface area contributed by atoms with Crippen molar-refractivity contribution < 1.29 is 9.53 Å². The molecule has 2 heterocycles. The first-order valence-corrected chi connectivity index (χ1v) is 7.67. The summed E-state index contributed by atoms with van der Waals surface area (Å²) in [5, 5.41) is 2.11. The molecule has 20 heavy (non-hydrogen) atoms. The van der Waals surface area contributed by atoms with E-state index in [4.69, 9.17) is 4.74 Å². The summed E-state index contributed by atoms with van der Waals surface area (Å²) >= 11 is 1.78. The molecule has 1 aliphatic rings. The summed E-state index contributed by atoms with van der Waals surface area (Å²) in [5.74, 6) is 0.792. The van der Waals surface area contributed by atoms with Gasteiger partial charge in [-0.3, -0.25) is 4.79 Å². The lowest BCUT2D eigenvalue weighted by molar-refractivity contribution is -0.135. The van der Waals surface area contributed by atoms with Crippen molar-refractivity contribution in [3.63, 3.8) is 0 Å². The maximum absolute atomic E-state index is 12.3. The molecule has 0 fully saturated rings. The molecule has 1 unspecified atom stereocenters. The van der Waals surface area contributed by atoms with Gasteiger partial charge in [-0.05, 0) is 42.5 Å². The molecule has 0 spiro atoms. The highest BCUT2D eigenvalue weighted by atomic mass is 32.1. The number of fused-ring (bicyclic) bond motifs is 1. The lowest BCUT2D eigenvalue weighted by atomic mass is 10.0. The molecule has 0 saturated heterocycles. The number of amides is 1. The molecule has 0 saturated carbocycles. The topological polar surface area (TPSA) is 29.5 Å². The van der Waals surface area contributed by atoms with Crippen LogP contribution in [0.5, 0.6) is 5.75 Å². The van der Waals surface area contributed by atoms with Crippen molar-refractivity contribution in [3.05, 3.63) is 52.2 Å². The maximum atomic E-state index is 12.3. The zero-order chi connectivity index (χ0) is 13.9. The molecular formula is C16H17NO2S. The molecular weight excluding hydrogens is 270 g/mol. The molecule has 1 atom stereocenters. The third kappa shape index (κ3) is 2.56. The zero-order valence-electron chi connectivity index (χ0n) is 11.4. The largest absolute Gasteiger partial charge is 0.484 e. The molecule has 0 N–H and O–H groups in total. The van der Waals surface area contributed by atoms with Crippen LogP contribution in [-0.2, 0) is 11.2 Å². The Labute approximate surface area is 122 Å². The van der Waals surface area contributed by atoms with Crippen molar-refractivity contribution >= 4 is 17.2 Å². The molecule has 104 valence electrons. The molecule has 3 rings (SSSR count). The minimum atomic E-state index is 0.0539. The van der Waals surface area contributed by atoms with Crippen molar-refractivity contribution in [1.82, 2.24) is 4.90 Å². The number of benzene rings is 1. The lowest BCUT2D eigenvalue weighted by Gasteiger charge is -2.33. The van der Waals surface area contributed by atoms with Gasteiger partial charge in [0.05, 0.1) is 6.04 Å². The second-order valence-corrected chi connectivity index (χ2v) is 5.91. The minimum Gasteiger partial charge on any atom is -0.484 e. The van der Waals surface area contributed by atoms with Gasteiger partial charge < -0.3 is 9.64 Å². The Morgan fingerprint density at radius 1 is 1.35 bits per heavy atom. The van der Waals surface area contributed by atoms with E-state index in [0.717, 1.165) is 18.7 Å². The number of thiophene rings is 1. The van der Waals surface area contributed by atoms with Gasteiger partial charge in [-0.15, -0.1) is 11.3 Å². The zero-order valence-corrected chi connectivity index (χ0v) is 12.2. The predicted molar refractivity (Wildman–Crippen MR) is 80.1 cm³/mol. The van der Waals surface area contributed by atoms with Crippen LogP contribution in [0.2, 0.25) is 0 Å². The summed E-state index contributed by atoms with van der Waals surface area (Å²) in [5.41, 5.74) is 1.29. The Hall–Kier alpha value is -1.81. The second kappa shape index (κ2) is 5.67. The van der Waals surface area contributed by atoms with Crippen LogP contribution in [0.4, 0.5) is 0 Å². The van der Waals surface area contributed by atoms with Crippen LogP contribution in [0.15, 0.2) is 41.8 Å². The highest BCUT2D eigenvalue weighted by Crippen LogP contribution is 2.32. The van der Waals surface area contributed by atoms with Crippen molar-refractivity contribution in [2.45, 2.75) is 19.4 Å². The molecule has 0 bridgehead atoms. The van der Waals surface area contributed by atoms with E-state index >= 15 is 0 Å². The van der Waals surface area contributed by atoms with Crippen molar-refractivity contribution in [2.24, 2.45) is 0 Å². The van der Waals surface area contributed by atoms with Crippen LogP contribution >= 0.6 is 11.3 Å². The number of ether oxygens (including phenoxy) is 1. The van der Waals surface area contributed by atoms with Gasteiger partial charge in [-0.25, -0.2) is 0 Å². The second-order valence-electron chi connectivity index (χ2n) is 4.91. The fourth-order valence-corrected chi connectivity index (χ4v) is 3.56. The van der Waals surface area contributed by atoms with Crippen LogP contribution in [0.25, 0.3) is 0 Å². The number of hydrogen-bond acceptors (Lipinski definition) is 3. The Kier molecular flexibility index (Phi) is 3.74. The quantitative estimate of drug-likeness (QED) is 0.867. The van der Waals surface area contributed by atoms with E-state index in [-0.39, 0.29) is 18.6 Å². The van der Waals surface area contributed by atoms with Gasteiger partial charge in [-0.2, -0.15) is 0 Å². The monoisotopic (exact) mass is 287 g/mol. The molecule has 1 aromatic heterocycles. The van der Waals surface area contributed by atoms with Crippen LogP contribution < -0.4 is 4.74 Å². The molecule has 1 aliphatic heterocycles. The number of hydrogen-bond donors (Lipinski definition) is 0. The van der Waals surface area contributed by atoms with Gasteiger partial charge in [-0.1, -0.05) is 18.2 Å². The summed E-state index contributed by atoms with van der Waals surface area (Å²) < 4.78 is 5.55. The lowest BCUT2D eigenvalue weighted by Crippen LogP contribution is -2.40. The van der Waals surface area contributed by atoms with Crippen molar-refractivity contribution in [2.75, 3.05) is 13.2 Å². The van der Waals surface area contributed by atoms with Crippen LogP contribution in [0.3, 0.4) is 0 Å². The number of carbonyl (C=O) groups excluding carboxylic acids is 1. The molecule has 0 aliphatic carbocycles. The fraction of sp³-hybridized carbons (Fsp3) is 0.312. The summed E-state index contributed by atoms with van der Waals surface area (Å²) in [6, 6.07) is 11.7. The van der Waals surface area contributed by atoms with Crippen LogP contribution in [0.1, 0.15) is 23.4 Å². The fourth-order valence-electron chi connectivity index (χ4n) is 2.59. The first-order valence-electron chi connectivity index (χ1n) is 6.79. The summed E-state index contributed by atoms with van der Waals surface area (Å²) in [4.78, 5) is 15.6. The van der Waals surface area contributed by atoms with E-state index in [9.17, 15) is 4.79 Å². The van der Waals surface area contributed by atoms with E-state index in [1.54, 1.807) is 11.3 Å². The third-order valence-corrected chi connectivity index (χ3v) is 4.70. The first kappa shape index (κ1) is 13.2. The normalized spacial score (nSPS) is 17.6. The van der Waals surface area contributed by atoms with Crippen LogP contribution in [-0.4, -0.2) is 24.0 Å². The number of rotatable bonds is 3. The SMILES string of the molecule is CC1c2ccsc2CCN1C(=O)COc1ccccc1. The minimum absolute atomic E-state index is 0.0539. The van der Waals surface area contributed by atoms with Crippen molar-refractivity contribution in [1.29, 1.82) is 0 Å².